The number of rotatable bonds is 5. The quantitative estimate of drug-likeness (QED) is 0.785. The summed E-state index contributed by atoms with van der Waals surface area (Å²) in [6.45, 7) is 8.40. The number of halogens is 4. The molecule has 0 unspecified atom stereocenters. The number of piperazine rings is 1. The molecule has 1 aromatic heterocycles. The van der Waals surface area contributed by atoms with Crippen LogP contribution in [-0.4, -0.2) is 40.9 Å². The van der Waals surface area contributed by atoms with E-state index in [0.29, 0.717) is 24.3 Å². The second-order valence-corrected chi connectivity index (χ2v) is 7.09. The van der Waals surface area contributed by atoms with Crippen LogP contribution >= 0.6 is 24.8 Å². The fraction of sp³-hybridized carbons (Fsp3) is 0.474. The average Bonchev–Trinajstić information content (AvgIpc) is 2.59. The number of benzene rings is 1. The molecule has 1 fully saturated rings. The van der Waals surface area contributed by atoms with Crippen molar-refractivity contribution >= 4 is 24.8 Å². The zero-order chi connectivity index (χ0) is 18.7. The van der Waals surface area contributed by atoms with Crippen LogP contribution in [0.25, 0.3) is 11.3 Å². The van der Waals surface area contributed by atoms with Crippen LogP contribution in [0.2, 0.25) is 0 Å². The largest absolute Gasteiger partial charge is 0.314 e. The lowest BCUT2D eigenvalue weighted by Gasteiger charge is -2.27. The fourth-order valence-electron chi connectivity index (χ4n) is 3.12. The fourth-order valence-corrected chi connectivity index (χ4v) is 3.12. The molecule has 1 saturated heterocycles. The Morgan fingerprint density at radius 3 is 2.43 bits per heavy atom. The van der Waals surface area contributed by atoms with Crippen molar-refractivity contribution in [1.29, 1.82) is 0 Å². The van der Waals surface area contributed by atoms with Gasteiger partial charge >= 0.3 is 0 Å². The summed E-state index contributed by atoms with van der Waals surface area (Å²) in [5.74, 6) is -1.09. The summed E-state index contributed by atoms with van der Waals surface area (Å²) in [6, 6.07) is 5.04. The van der Waals surface area contributed by atoms with Crippen molar-refractivity contribution in [3.63, 3.8) is 0 Å². The second kappa shape index (κ2) is 10.9. The van der Waals surface area contributed by atoms with Gasteiger partial charge in [0.25, 0.3) is 5.56 Å². The highest BCUT2D eigenvalue weighted by Gasteiger charge is 2.17. The van der Waals surface area contributed by atoms with Crippen molar-refractivity contribution in [2.24, 2.45) is 5.92 Å². The van der Waals surface area contributed by atoms with Crippen molar-refractivity contribution < 1.29 is 8.78 Å². The van der Waals surface area contributed by atoms with Gasteiger partial charge in [0.15, 0.2) is 0 Å². The van der Waals surface area contributed by atoms with E-state index in [-0.39, 0.29) is 41.9 Å². The SMILES string of the molecule is CC(C)Cn1nc(-c2ccc(F)cc2F)cc(CN2CCNCC2)c1=O.Cl.Cl. The summed E-state index contributed by atoms with van der Waals surface area (Å²) in [6.07, 6.45) is 0. The Labute approximate surface area is 175 Å². The molecule has 5 nitrogen and oxygen atoms in total. The predicted molar refractivity (Wildman–Crippen MR) is 111 cm³/mol. The molecule has 0 spiro atoms. The Morgan fingerprint density at radius 1 is 1.14 bits per heavy atom. The van der Waals surface area contributed by atoms with Crippen LogP contribution in [0.5, 0.6) is 0 Å². The standard InChI is InChI=1S/C19H24F2N4O.2ClH/c1-13(2)11-25-19(26)14(12-24-7-5-22-6-8-24)9-18(23-25)16-4-3-15(20)10-17(16)21;;/h3-4,9-10,13,22H,5-8,11-12H2,1-2H3;2*1H. The van der Waals surface area contributed by atoms with Crippen LogP contribution < -0.4 is 10.9 Å². The van der Waals surface area contributed by atoms with E-state index in [0.717, 1.165) is 32.2 Å². The van der Waals surface area contributed by atoms with Crippen molar-refractivity contribution in [2.45, 2.75) is 26.9 Å². The van der Waals surface area contributed by atoms with Gasteiger partial charge in [-0.15, -0.1) is 24.8 Å². The number of hydrogen-bond acceptors (Lipinski definition) is 4. The van der Waals surface area contributed by atoms with Gasteiger partial charge in [0.05, 0.1) is 5.69 Å². The molecular weight excluding hydrogens is 409 g/mol. The topological polar surface area (TPSA) is 50.2 Å². The zero-order valence-corrected chi connectivity index (χ0v) is 17.6. The first-order valence-electron chi connectivity index (χ1n) is 8.93. The lowest BCUT2D eigenvalue weighted by atomic mass is 10.1. The van der Waals surface area contributed by atoms with Gasteiger partial charge in [0.1, 0.15) is 11.6 Å². The summed E-state index contributed by atoms with van der Waals surface area (Å²) in [7, 11) is 0. The summed E-state index contributed by atoms with van der Waals surface area (Å²) in [5, 5.41) is 7.62. The molecule has 2 heterocycles. The lowest BCUT2D eigenvalue weighted by Crippen LogP contribution is -2.44. The molecule has 9 heteroatoms. The molecule has 2 aromatic rings. The van der Waals surface area contributed by atoms with E-state index >= 15 is 0 Å². The zero-order valence-electron chi connectivity index (χ0n) is 16.0. The molecule has 3 rings (SSSR count). The molecule has 0 atom stereocenters. The first-order valence-corrected chi connectivity index (χ1v) is 8.93. The van der Waals surface area contributed by atoms with Crippen LogP contribution in [0, 0.1) is 17.6 Å². The third-order valence-corrected chi connectivity index (χ3v) is 4.40. The molecule has 0 bridgehead atoms. The summed E-state index contributed by atoms with van der Waals surface area (Å²) in [5.41, 5.74) is 0.989. The minimum atomic E-state index is -0.680. The van der Waals surface area contributed by atoms with Gasteiger partial charge in [-0.1, -0.05) is 13.8 Å². The third-order valence-electron chi connectivity index (χ3n) is 4.40. The van der Waals surface area contributed by atoms with Crippen LogP contribution in [0.4, 0.5) is 8.78 Å². The number of nitrogens with zero attached hydrogens (tertiary/aromatic N) is 3. The summed E-state index contributed by atoms with van der Waals surface area (Å²) >= 11 is 0. The van der Waals surface area contributed by atoms with E-state index in [2.05, 4.69) is 15.3 Å². The molecule has 0 aliphatic carbocycles. The Hall–Kier alpha value is -1.54. The highest BCUT2D eigenvalue weighted by atomic mass is 35.5. The molecule has 1 aliphatic heterocycles. The highest BCUT2D eigenvalue weighted by Crippen LogP contribution is 2.22. The number of nitrogens with one attached hydrogen (secondary N) is 1. The van der Waals surface area contributed by atoms with Gasteiger partial charge in [-0.05, 0) is 24.1 Å². The van der Waals surface area contributed by atoms with Gasteiger partial charge in [0, 0.05) is 56.5 Å². The Kier molecular flexibility index (Phi) is 9.50. The lowest BCUT2D eigenvalue weighted by molar-refractivity contribution is 0.231. The van der Waals surface area contributed by atoms with Crippen molar-refractivity contribution in [2.75, 3.05) is 26.2 Å². The maximum absolute atomic E-state index is 14.2. The maximum atomic E-state index is 14.2. The first-order chi connectivity index (χ1) is 12.4. The van der Waals surface area contributed by atoms with Gasteiger partial charge in [0.2, 0.25) is 0 Å². The molecular formula is C19H26Cl2F2N4O. The van der Waals surface area contributed by atoms with E-state index in [9.17, 15) is 13.6 Å². The predicted octanol–water partition coefficient (Wildman–Crippen LogP) is 3.09. The highest BCUT2D eigenvalue weighted by molar-refractivity contribution is 5.85. The molecule has 1 aliphatic rings. The molecule has 28 heavy (non-hydrogen) atoms. The van der Waals surface area contributed by atoms with Crippen LogP contribution in [0.1, 0.15) is 19.4 Å². The van der Waals surface area contributed by atoms with Crippen LogP contribution in [-0.2, 0) is 13.1 Å². The van der Waals surface area contributed by atoms with Crippen LogP contribution in [0.15, 0.2) is 29.1 Å². The summed E-state index contributed by atoms with van der Waals surface area (Å²) in [4.78, 5) is 15.0. The summed E-state index contributed by atoms with van der Waals surface area (Å²) < 4.78 is 28.9. The first kappa shape index (κ1) is 24.5. The average molecular weight is 435 g/mol. The van der Waals surface area contributed by atoms with E-state index in [1.54, 1.807) is 6.07 Å². The minimum Gasteiger partial charge on any atom is -0.314 e. The van der Waals surface area contributed by atoms with Crippen molar-refractivity contribution in [3.05, 3.63) is 51.8 Å². The van der Waals surface area contributed by atoms with E-state index in [1.165, 1.54) is 16.8 Å². The van der Waals surface area contributed by atoms with Crippen LogP contribution in [0.3, 0.4) is 0 Å². The molecule has 1 N–H and O–H groups in total. The molecule has 1 aromatic carbocycles. The Bertz CT molecular complexity index is 839. The van der Waals surface area contributed by atoms with Crippen molar-refractivity contribution in [1.82, 2.24) is 20.0 Å². The molecule has 0 saturated carbocycles. The van der Waals surface area contributed by atoms with Gasteiger partial charge in [-0.25, -0.2) is 13.5 Å². The number of hydrogen-bond donors (Lipinski definition) is 1. The molecule has 0 amide bonds. The number of aromatic nitrogens is 2. The van der Waals surface area contributed by atoms with E-state index in [4.69, 9.17) is 0 Å². The minimum absolute atomic E-state index is 0. The third kappa shape index (κ3) is 5.98. The maximum Gasteiger partial charge on any atom is 0.271 e. The monoisotopic (exact) mass is 434 g/mol. The second-order valence-electron chi connectivity index (χ2n) is 7.09. The Morgan fingerprint density at radius 2 is 1.82 bits per heavy atom. The normalized spacial score (nSPS) is 14.5. The van der Waals surface area contributed by atoms with Crippen molar-refractivity contribution in [3.8, 4) is 11.3 Å². The molecule has 0 radical (unpaired) electrons. The van der Waals surface area contributed by atoms with Gasteiger partial charge in [-0.2, -0.15) is 5.10 Å². The smallest absolute Gasteiger partial charge is 0.271 e. The van der Waals surface area contributed by atoms with Gasteiger partial charge in [-0.3, -0.25) is 9.69 Å². The van der Waals surface area contributed by atoms with Gasteiger partial charge < -0.3 is 5.32 Å². The molecule has 156 valence electrons. The van der Waals surface area contributed by atoms with E-state index in [1.807, 2.05) is 13.8 Å². The van der Waals surface area contributed by atoms with E-state index < -0.39 is 11.6 Å². The Balaban J connectivity index is 0.00000196.